The van der Waals surface area contributed by atoms with Crippen LogP contribution in [0.5, 0.6) is 0 Å². The molecule has 3 aromatic heterocycles. The van der Waals surface area contributed by atoms with Crippen LogP contribution < -0.4 is 0 Å². The molecule has 4 rings (SSSR count). The van der Waals surface area contributed by atoms with Gasteiger partial charge in [0.2, 0.25) is 0 Å². The lowest BCUT2D eigenvalue weighted by Gasteiger charge is -2.32. The van der Waals surface area contributed by atoms with E-state index >= 15 is 0 Å². The van der Waals surface area contributed by atoms with Crippen LogP contribution in [0.3, 0.4) is 0 Å². The zero-order chi connectivity index (χ0) is 17.2. The molecule has 0 saturated carbocycles. The second-order valence-electron chi connectivity index (χ2n) is 6.49. The van der Waals surface area contributed by atoms with Crippen molar-refractivity contribution in [2.45, 2.75) is 25.3 Å². The first kappa shape index (κ1) is 16.1. The highest BCUT2D eigenvalue weighted by Gasteiger charge is 2.28. The molecule has 4 heterocycles. The minimum absolute atomic E-state index is 0.106. The largest absolute Gasteiger partial charge is 0.347 e. The number of thiazole rings is 1. The first-order valence-electron chi connectivity index (χ1n) is 8.51. The van der Waals surface area contributed by atoms with Crippen LogP contribution in [0, 0.1) is 0 Å². The van der Waals surface area contributed by atoms with Crippen molar-refractivity contribution >= 4 is 17.2 Å². The van der Waals surface area contributed by atoms with E-state index in [-0.39, 0.29) is 11.8 Å². The number of piperidine rings is 1. The lowest BCUT2D eigenvalue weighted by molar-refractivity contribution is 0.0693. The quantitative estimate of drug-likeness (QED) is 0.723. The van der Waals surface area contributed by atoms with E-state index in [4.69, 9.17) is 0 Å². The van der Waals surface area contributed by atoms with Gasteiger partial charge in [0.05, 0.1) is 17.7 Å². The normalized spacial score (nSPS) is 17.8. The number of aromatic nitrogens is 4. The summed E-state index contributed by atoms with van der Waals surface area (Å²) in [6.45, 7) is 2.27. The highest BCUT2D eigenvalue weighted by atomic mass is 32.1. The third-order valence-corrected chi connectivity index (χ3v) is 5.44. The van der Waals surface area contributed by atoms with Gasteiger partial charge < -0.3 is 14.0 Å². The minimum atomic E-state index is 0.106. The Morgan fingerprint density at radius 1 is 1.36 bits per heavy atom. The Labute approximate surface area is 150 Å². The third kappa shape index (κ3) is 3.24. The predicted octanol–water partition coefficient (Wildman–Crippen LogP) is 2.75. The zero-order valence-corrected chi connectivity index (χ0v) is 15.0. The molecule has 3 aromatic rings. The van der Waals surface area contributed by atoms with Gasteiger partial charge in [-0.25, -0.2) is 9.97 Å². The fourth-order valence-corrected chi connectivity index (χ4v) is 4.07. The molecule has 0 aliphatic carbocycles. The van der Waals surface area contributed by atoms with Crippen molar-refractivity contribution in [1.29, 1.82) is 0 Å². The molecule has 7 heteroatoms. The van der Waals surface area contributed by atoms with Crippen molar-refractivity contribution in [2.24, 2.45) is 7.05 Å². The van der Waals surface area contributed by atoms with E-state index in [0.717, 1.165) is 49.7 Å². The zero-order valence-electron chi connectivity index (χ0n) is 14.2. The summed E-state index contributed by atoms with van der Waals surface area (Å²) in [5.41, 5.74) is 3.65. The van der Waals surface area contributed by atoms with E-state index in [1.807, 2.05) is 52.7 Å². The third-order valence-electron chi connectivity index (χ3n) is 4.80. The maximum absolute atomic E-state index is 12.8. The van der Waals surface area contributed by atoms with Crippen LogP contribution in [0.1, 0.15) is 40.8 Å². The average Bonchev–Trinajstić information content (AvgIpc) is 3.37. The van der Waals surface area contributed by atoms with Crippen molar-refractivity contribution in [3.63, 3.8) is 0 Å². The molecule has 1 atom stereocenters. The number of nitrogens with zero attached hydrogens (tertiary/aromatic N) is 5. The summed E-state index contributed by atoms with van der Waals surface area (Å²) in [6.07, 6.45) is 7.83. The Hall–Kier alpha value is -2.41. The highest BCUT2D eigenvalue weighted by Crippen LogP contribution is 2.27. The fourth-order valence-electron chi connectivity index (χ4n) is 3.52. The van der Waals surface area contributed by atoms with E-state index in [2.05, 4.69) is 19.9 Å². The lowest BCUT2D eigenvalue weighted by atomic mass is 9.96. The number of likely N-dealkylation sites (tertiary alicyclic amines) is 1. The summed E-state index contributed by atoms with van der Waals surface area (Å²) >= 11 is 1.61. The maximum Gasteiger partial charge on any atom is 0.270 e. The molecule has 0 unspecified atom stereocenters. The molecule has 130 valence electrons. The molecule has 0 spiro atoms. The van der Waals surface area contributed by atoms with Crippen LogP contribution in [0.25, 0.3) is 0 Å². The topological polar surface area (TPSA) is 56.0 Å². The number of aryl methyl sites for hydroxylation is 1. The molecular formula is C18H21N5OS. The van der Waals surface area contributed by atoms with Gasteiger partial charge in [-0.1, -0.05) is 0 Å². The van der Waals surface area contributed by atoms with Gasteiger partial charge in [-0.15, -0.1) is 11.3 Å². The van der Waals surface area contributed by atoms with Crippen molar-refractivity contribution < 1.29 is 4.79 Å². The van der Waals surface area contributed by atoms with Crippen LogP contribution >= 0.6 is 11.3 Å². The van der Waals surface area contributed by atoms with Gasteiger partial charge in [0.15, 0.2) is 0 Å². The Morgan fingerprint density at radius 3 is 3.04 bits per heavy atom. The van der Waals surface area contributed by atoms with E-state index in [1.165, 1.54) is 0 Å². The second kappa shape index (κ2) is 6.84. The molecule has 0 N–H and O–H groups in total. The summed E-state index contributed by atoms with van der Waals surface area (Å²) in [7, 11) is 1.91. The van der Waals surface area contributed by atoms with E-state index in [0.29, 0.717) is 0 Å². The fraction of sp³-hybridized carbons (Fsp3) is 0.389. The Morgan fingerprint density at radius 2 is 2.28 bits per heavy atom. The molecular weight excluding hydrogens is 334 g/mol. The molecule has 1 amide bonds. The highest BCUT2D eigenvalue weighted by molar-refractivity contribution is 7.07. The minimum Gasteiger partial charge on any atom is -0.347 e. The molecule has 1 fully saturated rings. The van der Waals surface area contributed by atoms with Crippen LogP contribution in [-0.4, -0.2) is 43.0 Å². The molecule has 0 bridgehead atoms. The number of hydrogen-bond acceptors (Lipinski definition) is 4. The smallest absolute Gasteiger partial charge is 0.270 e. The van der Waals surface area contributed by atoms with Crippen molar-refractivity contribution in [3.05, 3.63) is 58.8 Å². The molecule has 1 aliphatic rings. The Bertz CT molecular complexity index is 851. The van der Waals surface area contributed by atoms with E-state index in [9.17, 15) is 4.79 Å². The molecule has 1 aliphatic heterocycles. The summed E-state index contributed by atoms with van der Waals surface area (Å²) in [4.78, 5) is 23.7. The standard InChI is InChI=1S/C18H21N5OS/c1-21-7-3-5-16(21)18(24)23-8-2-4-14(10-23)17-19-6-9-22(17)11-15-12-25-13-20-15/h3,5-7,9,12-14H,2,4,8,10-11H2,1H3/t14-/m1/s1. The monoisotopic (exact) mass is 355 g/mol. The molecule has 6 nitrogen and oxygen atoms in total. The van der Waals surface area contributed by atoms with Crippen LogP contribution in [0.4, 0.5) is 0 Å². The Balaban J connectivity index is 1.51. The number of imidazole rings is 1. The summed E-state index contributed by atoms with van der Waals surface area (Å²) in [5, 5.41) is 2.07. The van der Waals surface area contributed by atoms with Crippen LogP contribution in [-0.2, 0) is 13.6 Å². The van der Waals surface area contributed by atoms with Gasteiger partial charge in [-0.05, 0) is 25.0 Å². The van der Waals surface area contributed by atoms with Crippen LogP contribution in [0.15, 0.2) is 41.6 Å². The number of carbonyl (C=O) groups is 1. The van der Waals surface area contributed by atoms with Gasteiger partial charge in [0.1, 0.15) is 11.5 Å². The summed E-state index contributed by atoms with van der Waals surface area (Å²) < 4.78 is 4.05. The van der Waals surface area contributed by atoms with Gasteiger partial charge in [0.25, 0.3) is 5.91 Å². The van der Waals surface area contributed by atoms with Gasteiger partial charge >= 0.3 is 0 Å². The first-order valence-corrected chi connectivity index (χ1v) is 9.45. The lowest BCUT2D eigenvalue weighted by Crippen LogP contribution is -2.40. The Kier molecular flexibility index (Phi) is 4.40. The molecule has 1 saturated heterocycles. The van der Waals surface area contributed by atoms with Gasteiger partial charge in [-0.2, -0.15) is 0 Å². The average molecular weight is 355 g/mol. The molecule has 25 heavy (non-hydrogen) atoms. The number of amides is 1. The van der Waals surface area contributed by atoms with E-state index < -0.39 is 0 Å². The number of carbonyl (C=O) groups excluding carboxylic acids is 1. The van der Waals surface area contributed by atoms with Gasteiger partial charge in [0, 0.05) is 50.0 Å². The SMILES string of the molecule is Cn1cccc1C(=O)N1CCC[C@@H](c2nccn2Cc2cscn2)C1. The van der Waals surface area contributed by atoms with Crippen molar-refractivity contribution in [1.82, 2.24) is 24.0 Å². The number of rotatable bonds is 4. The molecule has 0 aromatic carbocycles. The predicted molar refractivity (Wildman–Crippen MR) is 96.7 cm³/mol. The van der Waals surface area contributed by atoms with Crippen molar-refractivity contribution in [3.8, 4) is 0 Å². The van der Waals surface area contributed by atoms with Crippen LogP contribution in [0.2, 0.25) is 0 Å². The van der Waals surface area contributed by atoms with Gasteiger partial charge in [-0.3, -0.25) is 4.79 Å². The molecule has 0 radical (unpaired) electrons. The second-order valence-corrected chi connectivity index (χ2v) is 7.21. The summed E-state index contributed by atoms with van der Waals surface area (Å²) in [5.74, 6) is 1.43. The van der Waals surface area contributed by atoms with E-state index in [1.54, 1.807) is 11.3 Å². The maximum atomic E-state index is 12.8. The summed E-state index contributed by atoms with van der Waals surface area (Å²) in [6, 6.07) is 3.80. The number of hydrogen-bond donors (Lipinski definition) is 0. The van der Waals surface area contributed by atoms with Crippen molar-refractivity contribution in [2.75, 3.05) is 13.1 Å². The first-order chi connectivity index (χ1) is 12.2.